The Balaban J connectivity index is 1.48. The molecule has 0 spiro atoms. The van der Waals surface area contributed by atoms with Crippen molar-refractivity contribution >= 4 is 0 Å². The zero-order chi connectivity index (χ0) is 18.7. The Labute approximate surface area is 153 Å². The van der Waals surface area contributed by atoms with E-state index in [1.165, 1.54) is 18.4 Å². The van der Waals surface area contributed by atoms with Crippen LogP contribution in [0.25, 0.3) is 0 Å². The van der Waals surface area contributed by atoms with Crippen molar-refractivity contribution in [1.29, 1.82) is 0 Å². The van der Waals surface area contributed by atoms with E-state index in [0.717, 1.165) is 32.1 Å². The maximum absolute atomic E-state index is 14.2. The Hall–Kier alpha value is -0.840. The lowest BCUT2D eigenvalue weighted by Gasteiger charge is -2.38. The summed E-state index contributed by atoms with van der Waals surface area (Å²) in [5.41, 5.74) is 1.48. The summed E-state index contributed by atoms with van der Waals surface area (Å²) in [7, 11) is 0. The number of rotatable bonds is 4. The molecule has 1 radical (unpaired) electrons. The Bertz CT molecular complexity index is 505. The molecule has 4 unspecified atom stereocenters. The van der Waals surface area contributed by atoms with Gasteiger partial charge in [-0.3, -0.25) is 4.74 Å². The van der Waals surface area contributed by atoms with E-state index in [1.54, 1.807) is 5.92 Å². The Morgan fingerprint density at radius 3 is 2.27 bits per heavy atom. The summed E-state index contributed by atoms with van der Waals surface area (Å²) < 4.78 is 55.1. The number of hydrogen-bond donors (Lipinski definition) is 0. The normalized spacial score (nSPS) is 35.2. The van der Waals surface area contributed by atoms with Crippen molar-refractivity contribution in [3.8, 4) is 0 Å². The minimum Gasteiger partial charge on any atom is -0.286 e. The highest BCUT2D eigenvalue weighted by Crippen LogP contribution is 2.44. The van der Waals surface area contributed by atoms with E-state index in [2.05, 4.69) is 23.5 Å². The van der Waals surface area contributed by atoms with E-state index in [9.17, 15) is 17.6 Å². The molecule has 2 saturated carbocycles. The third kappa shape index (κ3) is 5.11. The minimum absolute atomic E-state index is 0.165. The van der Waals surface area contributed by atoms with Gasteiger partial charge in [0.25, 0.3) is 0 Å². The molecule has 0 aromatic heterocycles. The monoisotopic (exact) mass is 373 g/mol. The number of halogens is 4. The van der Waals surface area contributed by atoms with Gasteiger partial charge in [0.2, 0.25) is 0 Å². The fourth-order valence-corrected chi connectivity index (χ4v) is 5.00. The van der Waals surface area contributed by atoms with Crippen molar-refractivity contribution < 1.29 is 22.3 Å². The highest BCUT2D eigenvalue weighted by atomic mass is 19.4. The number of allylic oxidation sites excluding steroid dienone is 3. The summed E-state index contributed by atoms with van der Waals surface area (Å²) >= 11 is 0. The van der Waals surface area contributed by atoms with E-state index in [4.69, 9.17) is 0 Å². The van der Waals surface area contributed by atoms with Crippen LogP contribution in [0.3, 0.4) is 0 Å². The van der Waals surface area contributed by atoms with Gasteiger partial charge in [0.05, 0.1) is 6.10 Å². The van der Waals surface area contributed by atoms with Crippen LogP contribution in [0.15, 0.2) is 24.3 Å². The minimum atomic E-state index is -4.74. The van der Waals surface area contributed by atoms with Crippen molar-refractivity contribution in [2.24, 2.45) is 17.8 Å². The number of alkyl halides is 4. The lowest BCUT2D eigenvalue weighted by molar-refractivity contribution is -0.352. The van der Waals surface area contributed by atoms with Crippen LogP contribution in [-0.2, 0) is 4.74 Å². The third-order valence-electron chi connectivity index (χ3n) is 6.58. The molecule has 0 aromatic rings. The number of hydrogen-bond acceptors (Lipinski definition) is 1. The van der Waals surface area contributed by atoms with Gasteiger partial charge >= 0.3 is 6.36 Å². The molecule has 3 aliphatic carbocycles. The molecule has 26 heavy (non-hydrogen) atoms. The van der Waals surface area contributed by atoms with Crippen molar-refractivity contribution in [3.05, 3.63) is 30.2 Å². The fourth-order valence-electron chi connectivity index (χ4n) is 5.00. The van der Waals surface area contributed by atoms with Crippen LogP contribution in [-0.4, -0.2) is 18.6 Å². The molecular weight excluding hydrogens is 344 g/mol. The molecule has 0 N–H and O–H groups in total. The molecule has 0 aliphatic heterocycles. The van der Waals surface area contributed by atoms with Crippen LogP contribution in [0.2, 0.25) is 0 Å². The fraction of sp³-hybridized carbons (Fsp3) is 0.762. The average molecular weight is 373 g/mol. The van der Waals surface area contributed by atoms with Gasteiger partial charge in [-0.25, -0.2) is 4.39 Å². The standard InChI is InChI=1S/C21H29F4O/c1-2-14-3-5-15(6-4-14)16-7-9-17(10-8-16)18-11-12-20(19(22)13-18)26-21(23,24)25/h2,7,14,17-20H,1,3-6,8-13H2. The first-order chi connectivity index (χ1) is 12.4. The van der Waals surface area contributed by atoms with Crippen molar-refractivity contribution in [2.45, 2.75) is 82.8 Å². The van der Waals surface area contributed by atoms with Crippen LogP contribution in [0.1, 0.15) is 64.2 Å². The molecule has 0 aromatic carbocycles. The second kappa shape index (κ2) is 8.45. The summed E-state index contributed by atoms with van der Waals surface area (Å²) in [6, 6.07) is 0. The summed E-state index contributed by atoms with van der Waals surface area (Å²) in [4.78, 5) is 0. The van der Waals surface area contributed by atoms with E-state index in [-0.39, 0.29) is 18.8 Å². The molecule has 0 heterocycles. The third-order valence-corrected chi connectivity index (χ3v) is 6.58. The lowest BCUT2D eigenvalue weighted by Crippen LogP contribution is -2.39. The molecule has 3 aliphatic rings. The molecule has 0 bridgehead atoms. The largest absolute Gasteiger partial charge is 0.522 e. The molecule has 5 heteroatoms. The highest BCUT2D eigenvalue weighted by Gasteiger charge is 2.42. The summed E-state index contributed by atoms with van der Waals surface area (Å²) in [5, 5.41) is 0. The first-order valence-electron chi connectivity index (χ1n) is 9.91. The Morgan fingerprint density at radius 1 is 1.00 bits per heavy atom. The zero-order valence-electron chi connectivity index (χ0n) is 15.2. The molecular formula is C21H29F4O. The Morgan fingerprint density at radius 2 is 1.73 bits per heavy atom. The second-order valence-electron chi connectivity index (χ2n) is 8.13. The van der Waals surface area contributed by atoms with E-state index >= 15 is 0 Å². The molecule has 147 valence electrons. The van der Waals surface area contributed by atoms with Gasteiger partial charge in [0, 0.05) is 5.92 Å². The van der Waals surface area contributed by atoms with Crippen LogP contribution in [0.4, 0.5) is 17.6 Å². The maximum Gasteiger partial charge on any atom is 0.522 e. The number of ether oxygens (including phenoxy) is 1. The van der Waals surface area contributed by atoms with Gasteiger partial charge in [0.1, 0.15) is 6.17 Å². The van der Waals surface area contributed by atoms with Crippen LogP contribution < -0.4 is 0 Å². The predicted molar refractivity (Wildman–Crippen MR) is 94.0 cm³/mol. The topological polar surface area (TPSA) is 9.23 Å². The second-order valence-corrected chi connectivity index (χ2v) is 8.13. The summed E-state index contributed by atoms with van der Waals surface area (Å²) in [5.74, 6) is 2.80. The lowest BCUT2D eigenvalue weighted by atomic mass is 9.69. The molecule has 0 amide bonds. The van der Waals surface area contributed by atoms with Gasteiger partial charge in [0.15, 0.2) is 0 Å². The zero-order valence-corrected chi connectivity index (χ0v) is 15.2. The first kappa shape index (κ1) is 19.9. The van der Waals surface area contributed by atoms with Gasteiger partial charge < -0.3 is 0 Å². The van der Waals surface area contributed by atoms with Crippen molar-refractivity contribution in [3.63, 3.8) is 0 Å². The average Bonchev–Trinajstić information content (AvgIpc) is 2.63. The molecule has 4 atom stereocenters. The van der Waals surface area contributed by atoms with E-state index in [1.807, 2.05) is 0 Å². The SMILES string of the molecule is C=CC1CC[C](C2=CCC(C3CCC(OC(F)(F)F)C(F)C3)CC2)CC1. The summed E-state index contributed by atoms with van der Waals surface area (Å²) in [6.45, 7) is 3.89. The predicted octanol–water partition coefficient (Wildman–Crippen LogP) is 6.71. The van der Waals surface area contributed by atoms with Crippen molar-refractivity contribution in [2.75, 3.05) is 0 Å². The summed E-state index contributed by atoms with van der Waals surface area (Å²) in [6.07, 6.45) is 5.49. The molecule has 3 rings (SSSR count). The molecule has 1 nitrogen and oxygen atoms in total. The first-order valence-corrected chi connectivity index (χ1v) is 9.91. The smallest absolute Gasteiger partial charge is 0.286 e. The van der Waals surface area contributed by atoms with Crippen LogP contribution in [0, 0.1) is 23.7 Å². The van der Waals surface area contributed by atoms with Crippen LogP contribution in [0.5, 0.6) is 0 Å². The Kier molecular flexibility index (Phi) is 6.47. The van der Waals surface area contributed by atoms with Gasteiger partial charge in [-0.2, -0.15) is 0 Å². The molecule has 2 fully saturated rings. The van der Waals surface area contributed by atoms with Crippen LogP contribution >= 0.6 is 0 Å². The van der Waals surface area contributed by atoms with Crippen molar-refractivity contribution in [1.82, 2.24) is 0 Å². The van der Waals surface area contributed by atoms with Gasteiger partial charge in [-0.1, -0.05) is 17.7 Å². The maximum atomic E-state index is 14.2. The van der Waals surface area contributed by atoms with Gasteiger partial charge in [-0.05, 0) is 82.0 Å². The van der Waals surface area contributed by atoms with Gasteiger partial charge in [-0.15, -0.1) is 19.8 Å². The van der Waals surface area contributed by atoms with E-state index < -0.39 is 18.6 Å². The highest BCUT2D eigenvalue weighted by molar-refractivity contribution is 5.27. The quantitative estimate of drug-likeness (QED) is 0.393. The molecule has 0 saturated heterocycles. The van der Waals surface area contributed by atoms with E-state index in [0.29, 0.717) is 18.3 Å².